The predicted molar refractivity (Wildman–Crippen MR) is 125 cm³/mol. The molecule has 1 fully saturated rings. The number of benzene rings is 2. The smallest absolute Gasteiger partial charge is 0.232 e. The van der Waals surface area contributed by atoms with Gasteiger partial charge in [0.1, 0.15) is 39.3 Å². The molecule has 0 aliphatic carbocycles. The van der Waals surface area contributed by atoms with Crippen molar-refractivity contribution in [3.63, 3.8) is 0 Å². The van der Waals surface area contributed by atoms with Crippen LogP contribution >= 0.6 is 0 Å². The van der Waals surface area contributed by atoms with Gasteiger partial charge in [-0.3, -0.25) is 0 Å². The summed E-state index contributed by atoms with van der Waals surface area (Å²) in [5.74, 6) is 3.17. The number of anilines is 3. The van der Waals surface area contributed by atoms with E-state index in [1.54, 1.807) is 4.90 Å². The van der Waals surface area contributed by atoms with Crippen molar-refractivity contribution in [2.45, 2.75) is 26.9 Å². The van der Waals surface area contributed by atoms with E-state index in [2.05, 4.69) is 58.4 Å². The maximum absolute atomic E-state index is 5.99. The molecule has 1 saturated heterocycles. The van der Waals surface area contributed by atoms with E-state index in [0.29, 0.717) is 12.7 Å². The highest BCUT2D eigenvalue weighted by Crippen LogP contribution is 2.32. The van der Waals surface area contributed by atoms with Gasteiger partial charge < -0.3 is 30.3 Å². The van der Waals surface area contributed by atoms with Crippen LogP contribution in [0.2, 0.25) is 0 Å². The quantitative estimate of drug-likeness (QED) is 0.421. The van der Waals surface area contributed by atoms with Crippen LogP contribution < -0.4 is 30.3 Å². The van der Waals surface area contributed by atoms with E-state index >= 15 is 0 Å². The van der Waals surface area contributed by atoms with Crippen LogP contribution in [0.5, 0.6) is 11.5 Å². The van der Waals surface area contributed by atoms with Gasteiger partial charge in [0.2, 0.25) is 18.7 Å². The molecule has 9 nitrogen and oxygen atoms in total. The summed E-state index contributed by atoms with van der Waals surface area (Å²) in [6.07, 6.45) is 0. The van der Waals surface area contributed by atoms with Gasteiger partial charge in [-0.1, -0.05) is 17.7 Å². The van der Waals surface area contributed by atoms with Crippen molar-refractivity contribution in [2.75, 3.05) is 44.0 Å². The van der Waals surface area contributed by atoms with Gasteiger partial charge in [0.15, 0.2) is 17.3 Å². The molecule has 5 rings (SSSR count). The molecule has 3 aromatic rings. The number of aromatic nitrogens is 3. The molecule has 0 saturated carbocycles. The third kappa shape index (κ3) is 5.15. The first-order valence-corrected chi connectivity index (χ1v) is 11.4. The molecule has 0 radical (unpaired) electrons. The second-order valence-corrected chi connectivity index (χ2v) is 8.92. The third-order valence-corrected chi connectivity index (χ3v) is 6.29. The number of nitrogens with zero attached hydrogens (tertiary/aromatic N) is 3. The zero-order valence-corrected chi connectivity index (χ0v) is 19.1. The van der Waals surface area contributed by atoms with Crippen molar-refractivity contribution >= 4 is 17.6 Å². The van der Waals surface area contributed by atoms with E-state index in [9.17, 15) is 0 Å². The highest BCUT2D eigenvalue weighted by atomic mass is 16.7. The molecule has 2 aliphatic heterocycles. The second-order valence-electron chi connectivity index (χ2n) is 8.92. The van der Waals surface area contributed by atoms with Crippen molar-refractivity contribution in [3.8, 4) is 11.5 Å². The molecule has 33 heavy (non-hydrogen) atoms. The molecule has 0 amide bonds. The topological polar surface area (TPSA) is 104 Å². The standard InChI is InChI=1S/C24H29N7O2/c1-16-3-5-19(17(2)11-16)26-24-28-22(27-23(25)29-24)14-31-9-7-30(8-10-31)13-18-4-6-20-21(12-18)33-15-32-20/h3-6,11-12H,7-10,13-15H2,1-2H3,(H3,25,26,27,28,29)/p+2. The van der Waals surface area contributed by atoms with E-state index in [-0.39, 0.29) is 5.95 Å². The molecule has 0 spiro atoms. The van der Waals surface area contributed by atoms with Crippen LogP contribution in [0.4, 0.5) is 17.6 Å². The highest BCUT2D eigenvalue weighted by molar-refractivity contribution is 5.59. The lowest BCUT2D eigenvalue weighted by atomic mass is 10.1. The number of rotatable bonds is 6. The Morgan fingerprint density at radius 2 is 1.64 bits per heavy atom. The molecule has 0 unspecified atom stereocenters. The van der Waals surface area contributed by atoms with Gasteiger partial charge >= 0.3 is 0 Å². The Kier molecular flexibility index (Phi) is 5.97. The van der Waals surface area contributed by atoms with Crippen LogP contribution in [0.3, 0.4) is 0 Å². The minimum atomic E-state index is 0.249. The maximum atomic E-state index is 5.99. The molecule has 2 aliphatic rings. The Morgan fingerprint density at radius 3 is 2.42 bits per heavy atom. The third-order valence-electron chi connectivity index (χ3n) is 6.29. The summed E-state index contributed by atoms with van der Waals surface area (Å²) in [7, 11) is 0. The van der Waals surface area contributed by atoms with Gasteiger partial charge in [0, 0.05) is 11.3 Å². The Labute approximate surface area is 193 Å². The molecule has 0 bridgehead atoms. The van der Waals surface area contributed by atoms with Crippen molar-refractivity contribution in [1.82, 2.24) is 15.0 Å². The van der Waals surface area contributed by atoms with Crippen LogP contribution in [0.1, 0.15) is 22.5 Å². The Morgan fingerprint density at radius 1 is 0.879 bits per heavy atom. The van der Waals surface area contributed by atoms with Crippen LogP contribution in [0.25, 0.3) is 0 Å². The lowest BCUT2D eigenvalue weighted by Gasteiger charge is -2.29. The van der Waals surface area contributed by atoms with E-state index < -0.39 is 0 Å². The first kappa shape index (κ1) is 21.4. The van der Waals surface area contributed by atoms with Crippen LogP contribution in [-0.4, -0.2) is 47.9 Å². The number of hydrogen-bond donors (Lipinski definition) is 4. The molecule has 2 aromatic carbocycles. The van der Waals surface area contributed by atoms with Gasteiger partial charge in [-0.15, -0.1) is 0 Å². The van der Waals surface area contributed by atoms with Crippen LogP contribution in [0, 0.1) is 13.8 Å². The van der Waals surface area contributed by atoms with Crippen LogP contribution in [-0.2, 0) is 13.1 Å². The molecule has 0 atom stereocenters. The largest absolute Gasteiger partial charge is 0.454 e. The van der Waals surface area contributed by atoms with Gasteiger partial charge in [-0.05, 0) is 43.7 Å². The molecular formula is C24H31N7O2+2. The number of fused-ring (bicyclic) bond motifs is 1. The summed E-state index contributed by atoms with van der Waals surface area (Å²) < 4.78 is 10.9. The lowest BCUT2D eigenvalue weighted by molar-refractivity contribution is -1.02. The molecular weight excluding hydrogens is 418 g/mol. The number of nitrogens with two attached hydrogens (primary N) is 1. The van der Waals surface area contributed by atoms with Gasteiger partial charge in [0.05, 0.1) is 0 Å². The number of nitrogens with one attached hydrogen (secondary N) is 3. The van der Waals surface area contributed by atoms with Crippen LogP contribution in [0.15, 0.2) is 36.4 Å². The number of piperazine rings is 1. The molecule has 172 valence electrons. The molecule has 3 heterocycles. The predicted octanol–water partition coefficient (Wildman–Crippen LogP) is 0.0265. The molecule has 5 N–H and O–H groups in total. The van der Waals surface area contributed by atoms with Crippen molar-refractivity contribution in [3.05, 3.63) is 58.9 Å². The monoisotopic (exact) mass is 449 g/mol. The van der Waals surface area contributed by atoms with Gasteiger partial charge in [-0.25, -0.2) is 0 Å². The second kappa shape index (κ2) is 9.21. The molecule has 9 heteroatoms. The highest BCUT2D eigenvalue weighted by Gasteiger charge is 2.25. The van der Waals surface area contributed by atoms with E-state index in [1.165, 1.54) is 16.0 Å². The van der Waals surface area contributed by atoms with Crippen molar-refractivity contribution in [1.29, 1.82) is 0 Å². The summed E-state index contributed by atoms with van der Waals surface area (Å²) in [6.45, 7) is 10.5. The minimum absolute atomic E-state index is 0.249. The fourth-order valence-electron chi connectivity index (χ4n) is 4.52. The summed E-state index contributed by atoms with van der Waals surface area (Å²) in [6, 6.07) is 12.5. The first-order chi connectivity index (χ1) is 16.0. The summed E-state index contributed by atoms with van der Waals surface area (Å²) in [5, 5.41) is 3.30. The average molecular weight is 450 g/mol. The summed E-state index contributed by atoms with van der Waals surface area (Å²) >= 11 is 0. The Hall–Kier alpha value is -3.43. The Bertz CT molecular complexity index is 1150. The van der Waals surface area contributed by atoms with Crippen molar-refractivity contribution in [2.24, 2.45) is 0 Å². The Balaban J connectivity index is 1.17. The minimum Gasteiger partial charge on any atom is -0.454 e. The number of nitrogen functional groups attached to an aromatic ring is 1. The SMILES string of the molecule is Cc1ccc(Nc2nc(N)nc(C[NH+]3CC[NH+](Cc4ccc5c(c4)OCO5)CC3)n2)c(C)c1. The zero-order chi connectivity index (χ0) is 22.8. The normalized spacial score (nSPS) is 19.5. The van der Waals surface area contributed by atoms with E-state index in [0.717, 1.165) is 67.8 Å². The van der Waals surface area contributed by atoms with Gasteiger partial charge in [-0.2, -0.15) is 15.0 Å². The van der Waals surface area contributed by atoms with Gasteiger partial charge in [0.25, 0.3) is 0 Å². The summed E-state index contributed by atoms with van der Waals surface area (Å²) in [5.41, 5.74) is 10.6. The van der Waals surface area contributed by atoms with E-state index in [1.807, 2.05) is 12.1 Å². The zero-order valence-electron chi connectivity index (χ0n) is 19.1. The number of hydrogen-bond acceptors (Lipinski definition) is 7. The first-order valence-electron chi connectivity index (χ1n) is 11.4. The van der Waals surface area contributed by atoms with E-state index in [4.69, 9.17) is 15.2 Å². The fraction of sp³-hybridized carbons (Fsp3) is 0.375. The lowest BCUT2D eigenvalue weighted by Crippen LogP contribution is -3.27. The van der Waals surface area contributed by atoms with Crippen molar-refractivity contribution < 1.29 is 19.3 Å². The number of quaternary nitrogens is 2. The average Bonchev–Trinajstić information content (AvgIpc) is 3.25. The maximum Gasteiger partial charge on any atom is 0.232 e. The molecule has 1 aromatic heterocycles. The summed E-state index contributed by atoms with van der Waals surface area (Å²) in [4.78, 5) is 16.3. The fourth-order valence-corrected chi connectivity index (χ4v) is 4.52. The number of aryl methyl sites for hydroxylation is 2. The number of ether oxygens (including phenoxy) is 2.